The highest BCUT2D eigenvalue weighted by molar-refractivity contribution is 6.30. The van der Waals surface area contributed by atoms with Gasteiger partial charge in [0, 0.05) is 16.3 Å². The summed E-state index contributed by atoms with van der Waals surface area (Å²) in [6, 6.07) is 17.1. The van der Waals surface area contributed by atoms with Crippen molar-refractivity contribution < 1.29 is 13.9 Å². The molecule has 0 atom stereocenters. The van der Waals surface area contributed by atoms with E-state index in [0.717, 1.165) is 27.8 Å². The zero-order chi connectivity index (χ0) is 22.8. The molecule has 1 N–H and O–H groups in total. The first kappa shape index (κ1) is 21.9. The van der Waals surface area contributed by atoms with Crippen molar-refractivity contribution in [3.05, 3.63) is 76.3 Å². The first-order valence-corrected chi connectivity index (χ1v) is 10.9. The molecule has 0 bridgehead atoms. The van der Waals surface area contributed by atoms with E-state index in [2.05, 4.69) is 36.3 Å². The molecule has 32 heavy (non-hydrogen) atoms. The first-order chi connectivity index (χ1) is 15.3. The predicted molar refractivity (Wildman–Crippen MR) is 129 cm³/mol. The Morgan fingerprint density at radius 3 is 2.62 bits per heavy atom. The van der Waals surface area contributed by atoms with Crippen molar-refractivity contribution in [2.24, 2.45) is 0 Å². The zero-order valence-corrected chi connectivity index (χ0v) is 19.3. The van der Waals surface area contributed by atoms with Gasteiger partial charge in [-0.2, -0.15) is 0 Å². The highest BCUT2D eigenvalue weighted by Gasteiger charge is 2.13. The highest BCUT2D eigenvalue weighted by Crippen LogP contribution is 2.29. The van der Waals surface area contributed by atoms with E-state index in [4.69, 9.17) is 20.8 Å². The monoisotopic (exact) mass is 448 g/mol. The molecule has 3 aromatic carbocycles. The van der Waals surface area contributed by atoms with E-state index in [0.29, 0.717) is 28.3 Å². The van der Waals surface area contributed by atoms with E-state index < -0.39 is 0 Å². The van der Waals surface area contributed by atoms with E-state index in [1.165, 1.54) is 5.56 Å². The van der Waals surface area contributed by atoms with Gasteiger partial charge in [0.1, 0.15) is 11.3 Å². The average molecular weight is 449 g/mol. The number of oxazole rings is 1. The Kier molecular flexibility index (Phi) is 6.19. The number of anilines is 1. The van der Waals surface area contributed by atoms with Gasteiger partial charge in [-0.25, -0.2) is 4.98 Å². The highest BCUT2D eigenvalue weighted by atomic mass is 35.5. The van der Waals surface area contributed by atoms with Crippen LogP contribution in [0, 0.1) is 13.8 Å². The van der Waals surface area contributed by atoms with Crippen LogP contribution in [0.15, 0.2) is 59.0 Å². The van der Waals surface area contributed by atoms with Gasteiger partial charge in [-0.05, 0) is 78.9 Å². The van der Waals surface area contributed by atoms with Gasteiger partial charge < -0.3 is 14.5 Å². The van der Waals surface area contributed by atoms with Crippen LogP contribution in [0.3, 0.4) is 0 Å². The number of carbonyl (C=O) groups excluding carboxylic acids is 1. The molecule has 0 fully saturated rings. The maximum atomic E-state index is 12.5. The normalized spacial score (nSPS) is 11.2. The largest absolute Gasteiger partial charge is 0.483 e. The van der Waals surface area contributed by atoms with Gasteiger partial charge in [-0.15, -0.1) is 0 Å². The van der Waals surface area contributed by atoms with Crippen LogP contribution in [0.5, 0.6) is 5.75 Å². The van der Waals surface area contributed by atoms with Crippen LogP contribution < -0.4 is 10.1 Å². The summed E-state index contributed by atoms with van der Waals surface area (Å²) in [5.41, 5.74) is 6.07. The lowest BCUT2D eigenvalue weighted by atomic mass is 10.0. The van der Waals surface area contributed by atoms with Gasteiger partial charge in [0.15, 0.2) is 12.2 Å². The van der Waals surface area contributed by atoms with Crippen LogP contribution in [0.4, 0.5) is 5.69 Å². The van der Waals surface area contributed by atoms with E-state index in [1.807, 2.05) is 38.1 Å². The van der Waals surface area contributed by atoms with Crippen LogP contribution in [0.2, 0.25) is 5.02 Å². The first-order valence-electron chi connectivity index (χ1n) is 10.5. The van der Waals surface area contributed by atoms with Crippen molar-refractivity contribution in [1.82, 2.24) is 4.98 Å². The lowest BCUT2D eigenvalue weighted by molar-refractivity contribution is -0.118. The number of aromatic nitrogens is 1. The fourth-order valence-corrected chi connectivity index (χ4v) is 3.65. The minimum Gasteiger partial charge on any atom is -0.483 e. The number of amides is 1. The van der Waals surface area contributed by atoms with Crippen molar-refractivity contribution in [1.29, 1.82) is 0 Å². The topological polar surface area (TPSA) is 64.4 Å². The van der Waals surface area contributed by atoms with Gasteiger partial charge in [0.05, 0.1) is 0 Å². The fourth-order valence-electron chi connectivity index (χ4n) is 3.42. The molecule has 4 rings (SSSR count). The van der Waals surface area contributed by atoms with Crippen molar-refractivity contribution in [2.45, 2.75) is 33.6 Å². The van der Waals surface area contributed by atoms with Crippen LogP contribution in [-0.4, -0.2) is 17.5 Å². The maximum absolute atomic E-state index is 12.5. The molecular weight excluding hydrogens is 424 g/mol. The van der Waals surface area contributed by atoms with E-state index in [1.54, 1.807) is 18.2 Å². The molecule has 0 aliphatic rings. The molecule has 0 unspecified atom stereocenters. The molecule has 0 radical (unpaired) electrons. The quantitative estimate of drug-likeness (QED) is 0.348. The predicted octanol–water partition coefficient (Wildman–Crippen LogP) is 6.91. The third-order valence-electron chi connectivity index (χ3n) is 5.33. The van der Waals surface area contributed by atoms with Crippen LogP contribution >= 0.6 is 11.6 Å². The number of aryl methyl sites for hydroxylation is 2. The van der Waals surface area contributed by atoms with Crippen molar-refractivity contribution >= 4 is 34.3 Å². The van der Waals surface area contributed by atoms with E-state index in [9.17, 15) is 4.79 Å². The van der Waals surface area contributed by atoms with Gasteiger partial charge in [-0.3, -0.25) is 4.79 Å². The number of hydrogen-bond donors (Lipinski definition) is 1. The number of nitrogens with zero attached hydrogens (tertiary/aromatic N) is 1. The van der Waals surface area contributed by atoms with Crippen LogP contribution in [0.25, 0.3) is 22.6 Å². The van der Waals surface area contributed by atoms with Gasteiger partial charge in [0.2, 0.25) is 5.89 Å². The molecule has 1 aromatic heterocycles. The summed E-state index contributed by atoms with van der Waals surface area (Å²) in [6.45, 7) is 8.01. The van der Waals surface area contributed by atoms with E-state index in [-0.39, 0.29) is 12.5 Å². The smallest absolute Gasteiger partial charge is 0.262 e. The number of hydrogen-bond acceptors (Lipinski definition) is 4. The second-order valence-electron chi connectivity index (χ2n) is 8.18. The third kappa shape index (κ3) is 4.78. The number of rotatable bonds is 6. The van der Waals surface area contributed by atoms with Crippen molar-refractivity contribution in [3.8, 4) is 17.2 Å². The van der Waals surface area contributed by atoms with Crippen molar-refractivity contribution in [3.63, 3.8) is 0 Å². The molecule has 5 nitrogen and oxygen atoms in total. The molecule has 164 valence electrons. The third-order valence-corrected chi connectivity index (χ3v) is 5.57. The Morgan fingerprint density at radius 2 is 1.88 bits per heavy atom. The Morgan fingerprint density at radius 1 is 1.06 bits per heavy atom. The molecule has 1 heterocycles. The number of ether oxygens (including phenoxy) is 1. The molecule has 0 saturated carbocycles. The lowest BCUT2D eigenvalue weighted by Crippen LogP contribution is -2.21. The number of benzene rings is 3. The summed E-state index contributed by atoms with van der Waals surface area (Å²) in [5.74, 6) is 1.31. The Balaban J connectivity index is 1.51. The molecule has 6 heteroatoms. The van der Waals surface area contributed by atoms with Gasteiger partial charge in [0.25, 0.3) is 5.91 Å². The number of halogens is 1. The number of nitrogens with one attached hydrogen (secondary N) is 1. The molecule has 0 aliphatic carbocycles. The minimum absolute atomic E-state index is 0.104. The molecular formula is C26H25ClN2O3. The standard InChI is InChI=1S/C26H25ClN2O3/c1-15(2)18-7-9-24-22(12-18)29-26(32-24)19-6-5-16(3)21(13-19)28-25(30)14-31-23-10-8-20(27)11-17(23)4/h5-13,15H,14H2,1-4H3,(H,28,30). The summed E-state index contributed by atoms with van der Waals surface area (Å²) < 4.78 is 11.6. The van der Waals surface area contributed by atoms with E-state index >= 15 is 0 Å². The number of fused-ring (bicyclic) bond motifs is 1. The van der Waals surface area contributed by atoms with Gasteiger partial charge >= 0.3 is 0 Å². The Labute approximate surface area is 192 Å². The zero-order valence-electron chi connectivity index (χ0n) is 18.5. The fraction of sp³-hybridized carbons (Fsp3) is 0.231. The van der Waals surface area contributed by atoms with Crippen molar-refractivity contribution in [2.75, 3.05) is 11.9 Å². The molecule has 1 amide bonds. The minimum atomic E-state index is -0.251. The summed E-state index contributed by atoms with van der Waals surface area (Å²) in [5, 5.41) is 3.55. The molecule has 0 saturated heterocycles. The second-order valence-corrected chi connectivity index (χ2v) is 8.61. The van der Waals surface area contributed by atoms with Crippen LogP contribution in [0.1, 0.15) is 36.5 Å². The number of carbonyl (C=O) groups is 1. The summed E-state index contributed by atoms with van der Waals surface area (Å²) in [4.78, 5) is 17.2. The van der Waals surface area contributed by atoms with Gasteiger partial charge in [-0.1, -0.05) is 37.6 Å². The summed E-state index contributed by atoms with van der Waals surface area (Å²) >= 11 is 5.97. The molecule has 0 aliphatic heterocycles. The lowest BCUT2D eigenvalue weighted by Gasteiger charge is -2.12. The second kappa shape index (κ2) is 9.05. The Hall–Kier alpha value is -3.31. The SMILES string of the molecule is Cc1ccc(-c2nc3cc(C(C)C)ccc3o2)cc1NC(=O)COc1ccc(Cl)cc1C. The average Bonchev–Trinajstić information content (AvgIpc) is 3.18. The summed E-state index contributed by atoms with van der Waals surface area (Å²) in [6.07, 6.45) is 0. The van der Waals surface area contributed by atoms with Crippen LogP contribution in [-0.2, 0) is 4.79 Å². The molecule has 4 aromatic rings. The molecule has 0 spiro atoms. The Bertz CT molecular complexity index is 1290. The maximum Gasteiger partial charge on any atom is 0.262 e. The summed E-state index contributed by atoms with van der Waals surface area (Å²) in [7, 11) is 0.